The van der Waals surface area contributed by atoms with E-state index in [1.54, 1.807) is 35.3 Å². The van der Waals surface area contributed by atoms with Gasteiger partial charge in [-0.2, -0.15) is 5.10 Å². The lowest BCUT2D eigenvalue weighted by Gasteiger charge is -2.05. The fourth-order valence-corrected chi connectivity index (χ4v) is 1.33. The minimum absolute atomic E-state index is 0.125. The van der Waals surface area contributed by atoms with Crippen LogP contribution in [-0.4, -0.2) is 14.9 Å². The van der Waals surface area contributed by atoms with Gasteiger partial charge in [-0.3, -0.25) is 4.68 Å². The van der Waals surface area contributed by atoms with Gasteiger partial charge in [0.1, 0.15) is 0 Å². The van der Waals surface area contributed by atoms with E-state index in [-0.39, 0.29) is 5.75 Å². The minimum atomic E-state index is 0.125. The van der Waals surface area contributed by atoms with Crippen molar-refractivity contribution in [1.29, 1.82) is 0 Å². The van der Waals surface area contributed by atoms with Crippen LogP contribution in [0.5, 0.6) is 17.2 Å². The molecule has 16 heavy (non-hydrogen) atoms. The maximum atomic E-state index is 9.54. The third-order valence-electron chi connectivity index (χ3n) is 2.20. The highest BCUT2D eigenvalue weighted by Gasteiger charge is 2.06. The molecule has 4 heteroatoms. The van der Waals surface area contributed by atoms with E-state index in [0.29, 0.717) is 17.5 Å². The SMILES string of the molecule is CC(C)n1cc(Oc2ccccc2O)cn1. The van der Waals surface area contributed by atoms with E-state index in [1.165, 1.54) is 0 Å². The molecule has 0 spiro atoms. The Morgan fingerprint density at radius 2 is 2.06 bits per heavy atom. The minimum Gasteiger partial charge on any atom is -0.504 e. The van der Waals surface area contributed by atoms with Crippen molar-refractivity contribution in [2.75, 3.05) is 0 Å². The van der Waals surface area contributed by atoms with Gasteiger partial charge < -0.3 is 9.84 Å². The second-order valence-electron chi connectivity index (χ2n) is 3.82. The molecule has 2 aromatic rings. The average molecular weight is 218 g/mol. The van der Waals surface area contributed by atoms with Crippen molar-refractivity contribution in [1.82, 2.24) is 9.78 Å². The first-order valence-corrected chi connectivity index (χ1v) is 5.17. The Kier molecular flexibility index (Phi) is 2.81. The molecular formula is C12H14N2O2. The number of ether oxygens (including phenoxy) is 1. The molecule has 1 aromatic carbocycles. The summed E-state index contributed by atoms with van der Waals surface area (Å²) in [5.41, 5.74) is 0. The van der Waals surface area contributed by atoms with Gasteiger partial charge in [0.25, 0.3) is 0 Å². The Morgan fingerprint density at radius 3 is 2.69 bits per heavy atom. The molecule has 0 unspecified atom stereocenters. The highest BCUT2D eigenvalue weighted by Crippen LogP contribution is 2.29. The van der Waals surface area contributed by atoms with Crippen molar-refractivity contribution < 1.29 is 9.84 Å². The molecule has 0 radical (unpaired) electrons. The predicted octanol–water partition coefficient (Wildman–Crippen LogP) is 2.96. The molecule has 0 fully saturated rings. The number of rotatable bonds is 3. The molecule has 0 saturated heterocycles. The van der Waals surface area contributed by atoms with Crippen molar-refractivity contribution in [3.05, 3.63) is 36.7 Å². The molecule has 1 N–H and O–H groups in total. The van der Waals surface area contributed by atoms with Crippen molar-refractivity contribution in [3.8, 4) is 17.2 Å². The van der Waals surface area contributed by atoms with Crippen molar-refractivity contribution in [3.63, 3.8) is 0 Å². The van der Waals surface area contributed by atoms with Crippen LogP contribution in [-0.2, 0) is 0 Å². The number of phenols is 1. The summed E-state index contributed by atoms with van der Waals surface area (Å²) < 4.78 is 7.31. The third kappa shape index (κ3) is 2.16. The molecule has 0 atom stereocenters. The number of nitrogens with zero attached hydrogens (tertiary/aromatic N) is 2. The van der Waals surface area contributed by atoms with Crippen molar-refractivity contribution in [2.45, 2.75) is 19.9 Å². The van der Waals surface area contributed by atoms with Gasteiger partial charge in [0.05, 0.1) is 12.4 Å². The van der Waals surface area contributed by atoms with Crippen molar-refractivity contribution >= 4 is 0 Å². The molecule has 0 saturated carbocycles. The largest absolute Gasteiger partial charge is 0.504 e. The Labute approximate surface area is 94.1 Å². The zero-order valence-electron chi connectivity index (χ0n) is 9.29. The van der Waals surface area contributed by atoms with Gasteiger partial charge in [-0.1, -0.05) is 12.1 Å². The van der Waals surface area contributed by atoms with E-state index >= 15 is 0 Å². The van der Waals surface area contributed by atoms with Gasteiger partial charge in [0.2, 0.25) is 0 Å². The van der Waals surface area contributed by atoms with Crippen LogP contribution in [0.2, 0.25) is 0 Å². The summed E-state index contributed by atoms with van der Waals surface area (Å²) in [5, 5.41) is 13.7. The maximum Gasteiger partial charge on any atom is 0.169 e. The standard InChI is InChI=1S/C12H14N2O2/c1-9(2)14-8-10(7-13-14)16-12-6-4-3-5-11(12)15/h3-9,15H,1-2H3. The lowest BCUT2D eigenvalue weighted by molar-refractivity contribution is 0.410. The highest BCUT2D eigenvalue weighted by atomic mass is 16.5. The van der Waals surface area contributed by atoms with E-state index in [2.05, 4.69) is 5.10 Å². The van der Waals surface area contributed by atoms with E-state index < -0.39 is 0 Å². The van der Waals surface area contributed by atoms with Gasteiger partial charge >= 0.3 is 0 Å². The first-order chi connectivity index (χ1) is 7.66. The molecule has 1 aromatic heterocycles. The number of aromatic nitrogens is 2. The zero-order valence-corrected chi connectivity index (χ0v) is 9.29. The topological polar surface area (TPSA) is 47.3 Å². The van der Waals surface area contributed by atoms with Gasteiger partial charge in [-0.05, 0) is 26.0 Å². The molecule has 0 aliphatic heterocycles. The maximum absolute atomic E-state index is 9.54. The normalized spacial score (nSPS) is 10.7. The molecule has 1 heterocycles. The average Bonchev–Trinajstić information content (AvgIpc) is 2.70. The van der Waals surface area contributed by atoms with Crippen LogP contribution in [0, 0.1) is 0 Å². The summed E-state index contributed by atoms with van der Waals surface area (Å²) in [6.07, 6.45) is 3.43. The smallest absolute Gasteiger partial charge is 0.169 e. The summed E-state index contributed by atoms with van der Waals surface area (Å²) in [7, 11) is 0. The molecule has 84 valence electrons. The number of aromatic hydroxyl groups is 1. The van der Waals surface area contributed by atoms with Crippen LogP contribution in [0.3, 0.4) is 0 Å². The van der Waals surface area contributed by atoms with Crippen LogP contribution >= 0.6 is 0 Å². The zero-order chi connectivity index (χ0) is 11.5. The molecule has 2 rings (SSSR count). The van der Waals surface area contributed by atoms with E-state index in [9.17, 15) is 5.11 Å². The first kappa shape index (κ1) is 10.5. The number of hydrogen-bond acceptors (Lipinski definition) is 3. The monoisotopic (exact) mass is 218 g/mol. The fourth-order valence-electron chi connectivity index (χ4n) is 1.33. The number of benzene rings is 1. The Hall–Kier alpha value is -1.97. The lowest BCUT2D eigenvalue weighted by Crippen LogP contribution is -1.99. The second kappa shape index (κ2) is 4.26. The van der Waals surface area contributed by atoms with Crippen LogP contribution < -0.4 is 4.74 Å². The van der Waals surface area contributed by atoms with Gasteiger partial charge in [-0.15, -0.1) is 0 Å². The van der Waals surface area contributed by atoms with Gasteiger partial charge in [-0.25, -0.2) is 0 Å². The van der Waals surface area contributed by atoms with Gasteiger partial charge in [0, 0.05) is 6.04 Å². The van der Waals surface area contributed by atoms with E-state index in [4.69, 9.17) is 4.74 Å². The van der Waals surface area contributed by atoms with E-state index in [0.717, 1.165) is 0 Å². The van der Waals surface area contributed by atoms with Crippen LogP contribution in [0.1, 0.15) is 19.9 Å². The van der Waals surface area contributed by atoms with Crippen LogP contribution in [0.25, 0.3) is 0 Å². The molecule has 4 nitrogen and oxygen atoms in total. The second-order valence-corrected chi connectivity index (χ2v) is 3.82. The summed E-state index contributed by atoms with van der Waals surface area (Å²) in [4.78, 5) is 0. The lowest BCUT2D eigenvalue weighted by atomic mass is 10.3. The first-order valence-electron chi connectivity index (χ1n) is 5.17. The van der Waals surface area contributed by atoms with Crippen LogP contribution in [0.15, 0.2) is 36.7 Å². The number of hydrogen-bond donors (Lipinski definition) is 1. The van der Waals surface area contributed by atoms with Crippen LogP contribution in [0.4, 0.5) is 0 Å². The fraction of sp³-hybridized carbons (Fsp3) is 0.250. The third-order valence-corrected chi connectivity index (χ3v) is 2.20. The molecule has 0 aliphatic carbocycles. The summed E-state index contributed by atoms with van der Waals surface area (Å²) in [6.45, 7) is 4.08. The quantitative estimate of drug-likeness (QED) is 0.861. The Balaban J connectivity index is 2.18. The van der Waals surface area contributed by atoms with Gasteiger partial charge in [0.15, 0.2) is 17.2 Å². The van der Waals surface area contributed by atoms with Crippen molar-refractivity contribution in [2.24, 2.45) is 0 Å². The molecule has 0 aliphatic rings. The number of phenolic OH excluding ortho intramolecular Hbond substituents is 1. The summed E-state index contributed by atoms with van der Waals surface area (Å²) >= 11 is 0. The predicted molar refractivity (Wildman–Crippen MR) is 60.8 cm³/mol. The highest BCUT2D eigenvalue weighted by molar-refractivity contribution is 5.40. The molecule has 0 amide bonds. The molecular weight excluding hydrogens is 204 g/mol. The Bertz CT molecular complexity index is 477. The summed E-state index contributed by atoms with van der Waals surface area (Å²) in [5.74, 6) is 1.18. The molecule has 0 bridgehead atoms. The number of para-hydroxylation sites is 2. The van der Waals surface area contributed by atoms with E-state index in [1.807, 2.05) is 19.9 Å². The Morgan fingerprint density at radius 1 is 1.31 bits per heavy atom. The summed E-state index contributed by atoms with van der Waals surface area (Å²) in [6, 6.07) is 7.15.